The molecule has 1 aromatic heterocycles. The van der Waals surface area contributed by atoms with Crippen LogP contribution < -0.4 is 0 Å². The number of hydrogen-bond donors (Lipinski definition) is 1. The molecule has 5 rings (SSSR count). The van der Waals surface area contributed by atoms with Gasteiger partial charge in [-0.3, -0.25) is 9.59 Å². The van der Waals surface area contributed by atoms with E-state index in [1.807, 2.05) is 0 Å². The molecule has 0 amide bonds. The largest absolute Gasteiger partial charge is 0.445 e. The third-order valence-electron chi connectivity index (χ3n) is 9.69. The number of aliphatic hydroxyl groups is 1. The van der Waals surface area contributed by atoms with Gasteiger partial charge in [-0.25, -0.2) is 18.0 Å². The Balaban J connectivity index is 1.63. The van der Waals surface area contributed by atoms with E-state index in [9.17, 15) is 23.9 Å². The Bertz CT molecular complexity index is 1270. The Kier molecular flexibility index (Phi) is 6.77. The lowest BCUT2D eigenvalue weighted by atomic mass is 9.44. The second kappa shape index (κ2) is 9.21. The van der Waals surface area contributed by atoms with Gasteiger partial charge in [0.05, 0.1) is 10.4 Å². The minimum Gasteiger partial charge on any atom is -0.445 e. The molecule has 1 heterocycles. The zero-order valence-electron chi connectivity index (χ0n) is 21.0. The number of carbonyl (C=O) groups excluding carboxylic acids is 3. The van der Waals surface area contributed by atoms with Gasteiger partial charge in [0, 0.05) is 22.7 Å². The molecule has 1 N–H and O–H groups in total. The van der Waals surface area contributed by atoms with Crippen LogP contribution in [0.5, 0.6) is 0 Å². The van der Waals surface area contributed by atoms with Crippen LogP contribution in [-0.2, 0) is 14.3 Å². The number of alkyl halides is 3. The normalized spacial score (nSPS) is 43.6. The molecule has 5 nitrogen and oxygen atoms in total. The maximum absolute atomic E-state index is 17.4. The molecule has 1 aromatic rings. The Labute approximate surface area is 231 Å². The Hall–Kier alpha value is -1.62. The highest BCUT2D eigenvalue weighted by Gasteiger charge is 2.78. The molecule has 4 aliphatic carbocycles. The molecule has 0 radical (unpaired) electrons. The number of thiophene rings is 1. The highest BCUT2D eigenvalue weighted by Crippen LogP contribution is 2.72. The number of hydrogen-bond acceptors (Lipinski definition) is 7. The van der Waals surface area contributed by atoms with Gasteiger partial charge in [0.15, 0.2) is 17.1 Å². The summed E-state index contributed by atoms with van der Waals surface area (Å²) in [7, 11) is 0. The molecule has 38 heavy (non-hydrogen) atoms. The molecule has 206 valence electrons. The van der Waals surface area contributed by atoms with Crippen molar-refractivity contribution in [3.63, 3.8) is 0 Å². The Morgan fingerprint density at radius 2 is 1.97 bits per heavy atom. The van der Waals surface area contributed by atoms with Crippen molar-refractivity contribution in [3.8, 4) is 0 Å². The van der Waals surface area contributed by atoms with Gasteiger partial charge < -0.3 is 9.84 Å². The average Bonchev–Trinajstić information content (AvgIpc) is 3.38. The molecular formula is C27H28ClF3O5S2. The van der Waals surface area contributed by atoms with Crippen LogP contribution in [0.15, 0.2) is 35.9 Å². The van der Waals surface area contributed by atoms with Crippen LogP contribution in [0.2, 0.25) is 4.34 Å². The molecular weight excluding hydrogens is 561 g/mol. The van der Waals surface area contributed by atoms with Crippen molar-refractivity contribution in [1.82, 2.24) is 0 Å². The van der Waals surface area contributed by atoms with Crippen molar-refractivity contribution in [2.75, 3.05) is 6.01 Å². The first-order chi connectivity index (χ1) is 17.8. The maximum Gasteiger partial charge on any atom is 0.349 e. The molecule has 11 heteroatoms. The Morgan fingerprint density at radius 1 is 1.26 bits per heavy atom. The van der Waals surface area contributed by atoms with E-state index >= 15 is 8.78 Å². The summed E-state index contributed by atoms with van der Waals surface area (Å²) in [5.41, 5.74) is -7.16. The van der Waals surface area contributed by atoms with Crippen molar-refractivity contribution < 1.29 is 37.4 Å². The van der Waals surface area contributed by atoms with Gasteiger partial charge in [-0.1, -0.05) is 31.5 Å². The van der Waals surface area contributed by atoms with E-state index in [1.54, 1.807) is 13.8 Å². The van der Waals surface area contributed by atoms with E-state index in [2.05, 4.69) is 0 Å². The maximum atomic E-state index is 17.4. The van der Waals surface area contributed by atoms with Crippen molar-refractivity contribution in [3.05, 3.63) is 45.1 Å². The number of aliphatic hydroxyl groups excluding tert-OH is 1. The molecule has 0 bridgehead atoms. The standard InChI is InChI=1S/C27H28ClF3O5S2/c1-13-8-15-16-10-18(30)17-9-14(32)6-7-24(17,2)26(16,31)20(33)11-25(15,3)27(13,23(35)37-12-29)36-22(34)19-4-5-21(28)38-19/h4-7,9,13,15-16,18,20,33H,8,10-12H2,1-3H3/t13?,15-,16-,18?,20?,24-,25-,26?,27?/m0/s1. The van der Waals surface area contributed by atoms with Crippen LogP contribution in [-0.4, -0.2) is 51.5 Å². The molecule has 0 aliphatic heterocycles. The summed E-state index contributed by atoms with van der Waals surface area (Å²) in [6.07, 6.45) is -0.0836. The molecule has 9 atom stereocenters. The number of thioether (sulfide) groups is 1. The monoisotopic (exact) mass is 588 g/mol. The fourth-order valence-electron chi connectivity index (χ4n) is 8.00. The lowest BCUT2D eigenvalue weighted by Crippen LogP contribution is -2.70. The highest BCUT2D eigenvalue weighted by molar-refractivity contribution is 8.13. The minimum atomic E-state index is -2.35. The van der Waals surface area contributed by atoms with Crippen LogP contribution in [0.25, 0.3) is 0 Å². The summed E-state index contributed by atoms with van der Waals surface area (Å²) in [6, 6.07) is 1.90. The van der Waals surface area contributed by atoms with E-state index in [0.29, 0.717) is 16.1 Å². The van der Waals surface area contributed by atoms with E-state index in [4.69, 9.17) is 16.3 Å². The van der Waals surface area contributed by atoms with E-state index in [-0.39, 0.29) is 29.7 Å². The molecule has 0 saturated heterocycles. The SMILES string of the molecule is CC1C[C@H]2[C@@H]3CC(F)C4=CC(=O)C=C[C@]4(C)C3(F)C(O)C[C@]2(C)C1(OC(=O)c1ccc(Cl)s1)C(=O)SCF. The summed E-state index contributed by atoms with van der Waals surface area (Å²) in [5.74, 6) is -3.69. The molecule has 0 spiro atoms. The predicted molar refractivity (Wildman–Crippen MR) is 139 cm³/mol. The fourth-order valence-corrected chi connectivity index (χ4v) is 9.70. The van der Waals surface area contributed by atoms with Crippen LogP contribution in [0.4, 0.5) is 13.2 Å². The topological polar surface area (TPSA) is 80.7 Å². The zero-order chi connectivity index (χ0) is 27.8. The summed E-state index contributed by atoms with van der Waals surface area (Å²) < 4.78 is 52.9. The summed E-state index contributed by atoms with van der Waals surface area (Å²) >= 11 is 7.31. The van der Waals surface area contributed by atoms with Crippen molar-refractivity contribution in [1.29, 1.82) is 0 Å². The van der Waals surface area contributed by atoms with Crippen LogP contribution in [0, 0.1) is 28.6 Å². The van der Waals surface area contributed by atoms with Crippen LogP contribution in [0.3, 0.4) is 0 Å². The number of esters is 1. The summed E-state index contributed by atoms with van der Waals surface area (Å²) in [6.45, 7) is 4.82. The first-order valence-corrected chi connectivity index (χ1v) is 14.6. The predicted octanol–water partition coefficient (Wildman–Crippen LogP) is 6.05. The first kappa shape index (κ1) is 27.9. The number of allylic oxidation sites excluding steroid dienone is 4. The van der Waals surface area contributed by atoms with Gasteiger partial charge >= 0.3 is 5.97 Å². The van der Waals surface area contributed by atoms with E-state index in [0.717, 1.165) is 17.4 Å². The molecule has 4 aliphatic rings. The third kappa shape index (κ3) is 3.52. The number of fused-ring (bicyclic) bond motifs is 5. The second-order valence-electron chi connectivity index (χ2n) is 11.3. The van der Waals surface area contributed by atoms with Crippen LogP contribution in [0.1, 0.15) is 49.7 Å². The smallest absolute Gasteiger partial charge is 0.349 e. The third-order valence-corrected chi connectivity index (χ3v) is 11.6. The van der Waals surface area contributed by atoms with E-state index < -0.39 is 75.0 Å². The fraction of sp³-hybridized carbons (Fsp3) is 0.593. The average molecular weight is 589 g/mol. The van der Waals surface area contributed by atoms with Crippen LogP contribution >= 0.6 is 34.7 Å². The van der Waals surface area contributed by atoms with Gasteiger partial charge in [0.1, 0.15) is 17.1 Å². The van der Waals surface area contributed by atoms with E-state index in [1.165, 1.54) is 31.2 Å². The van der Waals surface area contributed by atoms with Gasteiger partial charge in [-0.2, -0.15) is 0 Å². The molecule has 3 fully saturated rings. The minimum absolute atomic E-state index is 0.00576. The number of carbonyl (C=O) groups is 3. The summed E-state index contributed by atoms with van der Waals surface area (Å²) in [4.78, 5) is 39.1. The lowest BCUT2D eigenvalue weighted by Gasteiger charge is -2.63. The zero-order valence-corrected chi connectivity index (χ0v) is 23.4. The van der Waals surface area contributed by atoms with Gasteiger partial charge in [0.25, 0.3) is 0 Å². The number of rotatable bonds is 4. The molecule has 5 unspecified atom stereocenters. The van der Waals surface area contributed by atoms with Gasteiger partial charge in [-0.05, 0) is 73.7 Å². The molecule has 3 saturated carbocycles. The molecule has 0 aromatic carbocycles. The van der Waals surface area contributed by atoms with Crippen molar-refractivity contribution in [2.24, 2.45) is 28.6 Å². The first-order valence-electron chi connectivity index (χ1n) is 12.4. The second-order valence-corrected chi connectivity index (χ2v) is 13.9. The van der Waals surface area contributed by atoms with Crippen molar-refractivity contribution in [2.45, 2.75) is 63.6 Å². The quantitative estimate of drug-likeness (QED) is 0.432. The Morgan fingerprint density at radius 3 is 2.61 bits per heavy atom. The lowest BCUT2D eigenvalue weighted by molar-refractivity contribution is -0.221. The number of halogens is 4. The van der Waals surface area contributed by atoms with Crippen molar-refractivity contribution >= 4 is 51.6 Å². The van der Waals surface area contributed by atoms with Gasteiger partial charge in [-0.15, -0.1) is 11.3 Å². The van der Waals surface area contributed by atoms with Gasteiger partial charge in [0.2, 0.25) is 5.12 Å². The number of ether oxygens (including phenoxy) is 1. The summed E-state index contributed by atoms with van der Waals surface area (Å²) in [5, 5.41) is 10.8. The highest BCUT2D eigenvalue weighted by atomic mass is 35.5. The number of ketones is 1.